The van der Waals surface area contributed by atoms with Crippen LogP contribution >= 0.6 is 11.6 Å². The molecule has 3 aromatic rings. The first-order valence-electron chi connectivity index (χ1n) is 9.93. The molecule has 1 amide bonds. The number of hydrogen-bond donors (Lipinski definition) is 1. The van der Waals surface area contributed by atoms with Crippen LogP contribution in [0.5, 0.6) is 5.75 Å². The Hall–Kier alpha value is -3.49. The second-order valence-electron chi connectivity index (χ2n) is 7.46. The summed E-state index contributed by atoms with van der Waals surface area (Å²) in [5.41, 5.74) is 4.18. The van der Waals surface area contributed by atoms with Gasteiger partial charge in [0.25, 0.3) is 5.91 Å². The average molecular weight is 434 g/mol. The average Bonchev–Trinajstić information content (AvgIpc) is 2.98. The van der Waals surface area contributed by atoms with Gasteiger partial charge in [-0.2, -0.15) is 5.26 Å². The molecule has 5 nitrogen and oxygen atoms in total. The molecule has 0 unspecified atom stereocenters. The van der Waals surface area contributed by atoms with Crippen LogP contribution in [0.25, 0.3) is 11.8 Å². The number of anilines is 1. The maximum absolute atomic E-state index is 12.7. The minimum absolute atomic E-state index is 0.0153. The van der Waals surface area contributed by atoms with E-state index in [0.29, 0.717) is 16.5 Å². The maximum Gasteiger partial charge on any atom is 0.266 e. The van der Waals surface area contributed by atoms with E-state index in [9.17, 15) is 10.1 Å². The molecule has 0 aliphatic heterocycles. The topological polar surface area (TPSA) is 67.1 Å². The number of ether oxygens (including phenoxy) is 1. The van der Waals surface area contributed by atoms with E-state index >= 15 is 0 Å². The van der Waals surface area contributed by atoms with Crippen LogP contribution < -0.4 is 10.1 Å². The van der Waals surface area contributed by atoms with Gasteiger partial charge >= 0.3 is 0 Å². The quantitative estimate of drug-likeness (QED) is 0.378. The number of aryl methyl sites for hydroxylation is 1. The first-order chi connectivity index (χ1) is 14.8. The predicted molar refractivity (Wildman–Crippen MR) is 125 cm³/mol. The standard InChI is InChI=1S/C25H24ClN3O2/c1-16(2)31-24-10-6-8-22(14-24)28-25(30)20(15-27)12-19-11-17(3)29(18(19)4)23-9-5-7-21(26)13-23/h5-14,16H,1-4H3,(H,28,30)/b20-12-. The number of carbonyl (C=O) groups is 1. The van der Waals surface area contributed by atoms with E-state index < -0.39 is 5.91 Å². The van der Waals surface area contributed by atoms with Crippen molar-refractivity contribution in [3.05, 3.63) is 82.1 Å². The van der Waals surface area contributed by atoms with Crippen LogP contribution in [0, 0.1) is 25.2 Å². The third kappa shape index (κ3) is 5.36. The fraction of sp³-hybridized carbons (Fsp3) is 0.200. The molecule has 6 heteroatoms. The molecule has 31 heavy (non-hydrogen) atoms. The number of nitrogens with zero attached hydrogens (tertiary/aromatic N) is 2. The molecule has 0 aliphatic carbocycles. The number of carbonyl (C=O) groups excluding carboxylic acids is 1. The molecule has 158 valence electrons. The zero-order chi connectivity index (χ0) is 22.5. The fourth-order valence-corrected chi connectivity index (χ4v) is 3.55. The Morgan fingerprint density at radius 1 is 1.16 bits per heavy atom. The fourth-order valence-electron chi connectivity index (χ4n) is 3.37. The van der Waals surface area contributed by atoms with Gasteiger partial charge in [-0.3, -0.25) is 4.79 Å². The number of halogens is 1. The lowest BCUT2D eigenvalue weighted by atomic mass is 10.1. The Bertz CT molecular complexity index is 1190. The van der Waals surface area contributed by atoms with Gasteiger partial charge in [0.1, 0.15) is 17.4 Å². The van der Waals surface area contributed by atoms with E-state index in [2.05, 4.69) is 5.32 Å². The van der Waals surface area contributed by atoms with Crippen LogP contribution in [-0.2, 0) is 4.79 Å². The first-order valence-corrected chi connectivity index (χ1v) is 10.3. The summed E-state index contributed by atoms with van der Waals surface area (Å²) >= 11 is 6.14. The lowest BCUT2D eigenvalue weighted by Gasteiger charge is -2.11. The van der Waals surface area contributed by atoms with Crippen molar-refractivity contribution in [2.45, 2.75) is 33.8 Å². The summed E-state index contributed by atoms with van der Waals surface area (Å²) in [6.45, 7) is 7.78. The zero-order valence-corrected chi connectivity index (χ0v) is 18.7. The number of nitrogens with one attached hydrogen (secondary N) is 1. The monoisotopic (exact) mass is 433 g/mol. The van der Waals surface area contributed by atoms with Crippen LogP contribution in [0.2, 0.25) is 5.02 Å². The lowest BCUT2D eigenvalue weighted by Crippen LogP contribution is -2.14. The van der Waals surface area contributed by atoms with Crippen LogP contribution in [0.4, 0.5) is 5.69 Å². The van der Waals surface area contributed by atoms with Gasteiger partial charge in [-0.05, 0) is 75.7 Å². The third-order valence-electron chi connectivity index (χ3n) is 4.67. The van der Waals surface area contributed by atoms with Gasteiger partial charge in [0.2, 0.25) is 0 Å². The SMILES string of the molecule is Cc1cc(/C=C(/C#N)C(=O)Nc2cccc(OC(C)C)c2)c(C)n1-c1cccc(Cl)c1. The van der Waals surface area contributed by atoms with Crippen LogP contribution in [-0.4, -0.2) is 16.6 Å². The Labute approximate surface area is 187 Å². The van der Waals surface area contributed by atoms with Crippen LogP contribution in [0.3, 0.4) is 0 Å². The van der Waals surface area contributed by atoms with Crippen LogP contribution in [0.15, 0.2) is 60.2 Å². The van der Waals surface area contributed by atoms with Crippen molar-refractivity contribution in [3.8, 4) is 17.5 Å². The molecular weight excluding hydrogens is 410 g/mol. The van der Waals surface area contributed by atoms with Crippen molar-refractivity contribution in [2.24, 2.45) is 0 Å². The molecule has 2 aromatic carbocycles. The molecule has 0 bridgehead atoms. The van der Waals surface area contributed by atoms with Gasteiger partial charge < -0.3 is 14.6 Å². The molecule has 1 heterocycles. The molecular formula is C25H24ClN3O2. The second kappa shape index (κ2) is 9.55. The van der Waals surface area contributed by atoms with Crippen LogP contribution in [0.1, 0.15) is 30.8 Å². The molecule has 0 aliphatic rings. The van der Waals surface area contributed by atoms with Crippen molar-refractivity contribution >= 4 is 29.3 Å². The number of aromatic nitrogens is 1. The molecule has 0 saturated heterocycles. The van der Waals surface area contributed by atoms with Gasteiger partial charge in [-0.15, -0.1) is 0 Å². The van der Waals surface area contributed by atoms with E-state index in [-0.39, 0.29) is 11.7 Å². The van der Waals surface area contributed by atoms with Crippen molar-refractivity contribution in [1.82, 2.24) is 4.57 Å². The summed E-state index contributed by atoms with van der Waals surface area (Å²) in [7, 11) is 0. The van der Waals surface area contributed by atoms with Gasteiger partial charge in [0.05, 0.1) is 6.10 Å². The number of benzene rings is 2. The summed E-state index contributed by atoms with van der Waals surface area (Å²) in [6.07, 6.45) is 1.63. The Morgan fingerprint density at radius 2 is 1.90 bits per heavy atom. The normalized spacial score (nSPS) is 11.3. The first kappa shape index (κ1) is 22.2. The molecule has 0 atom stereocenters. The van der Waals surface area contributed by atoms with E-state index in [1.54, 1.807) is 24.3 Å². The summed E-state index contributed by atoms with van der Waals surface area (Å²) in [5.74, 6) is 0.178. The molecule has 0 spiro atoms. The predicted octanol–water partition coefficient (Wildman–Crippen LogP) is 6.08. The summed E-state index contributed by atoms with van der Waals surface area (Å²) in [4.78, 5) is 12.7. The van der Waals surface area contributed by atoms with Crippen molar-refractivity contribution < 1.29 is 9.53 Å². The smallest absolute Gasteiger partial charge is 0.266 e. The number of nitriles is 1. The summed E-state index contributed by atoms with van der Waals surface area (Å²) in [6, 6.07) is 18.6. The highest BCUT2D eigenvalue weighted by atomic mass is 35.5. The molecule has 3 rings (SSSR count). The molecule has 0 fully saturated rings. The van der Waals surface area contributed by atoms with Gasteiger partial charge in [0, 0.05) is 33.9 Å². The third-order valence-corrected chi connectivity index (χ3v) is 4.90. The van der Waals surface area contributed by atoms with Crippen molar-refractivity contribution in [3.63, 3.8) is 0 Å². The van der Waals surface area contributed by atoms with E-state index in [1.165, 1.54) is 0 Å². The van der Waals surface area contributed by atoms with E-state index in [0.717, 1.165) is 22.6 Å². The minimum atomic E-state index is -0.475. The highest BCUT2D eigenvalue weighted by Crippen LogP contribution is 2.25. The van der Waals surface area contributed by atoms with E-state index in [4.69, 9.17) is 16.3 Å². The maximum atomic E-state index is 12.7. The lowest BCUT2D eigenvalue weighted by molar-refractivity contribution is -0.112. The minimum Gasteiger partial charge on any atom is -0.491 e. The molecule has 1 N–H and O–H groups in total. The molecule has 0 saturated carbocycles. The highest BCUT2D eigenvalue weighted by Gasteiger charge is 2.14. The van der Waals surface area contributed by atoms with Crippen molar-refractivity contribution in [2.75, 3.05) is 5.32 Å². The van der Waals surface area contributed by atoms with Gasteiger partial charge in [-0.1, -0.05) is 23.7 Å². The zero-order valence-electron chi connectivity index (χ0n) is 17.9. The van der Waals surface area contributed by atoms with Crippen molar-refractivity contribution in [1.29, 1.82) is 5.26 Å². The Balaban J connectivity index is 1.88. The molecule has 0 radical (unpaired) electrons. The second-order valence-corrected chi connectivity index (χ2v) is 7.90. The largest absolute Gasteiger partial charge is 0.491 e. The molecule has 1 aromatic heterocycles. The number of amides is 1. The number of rotatable bonds is 6. The Kier molecular flexibility index (Phi) is 6.84. The van der Waals surface area contributed by atoms with Gasteiger partial charge in [-0.25, -0.2) is 0 Å². The summed E-state index contributed by atoms with van der Waals surface area (Å²) < 4.78 is 7.70. The Morgan fingerprint density at radius 3 is 2.58 bits per heavy atom. The van der Waals surface area contributed by atoms with Gasteiger partial charge in [0.15, 0.2) is 0 Å². The number of hydrogen-bond acceptors (Lipinski definition) is 3. The highest BCUT2D eigenvalue weighted by molar-refractivity contribution is 6.30. The van der Waals surface area contributed by atoms with E-state index in [1.807, 2.05) is 74.7 Å². The summed E-state index contributed by atoms with van der Waals surface area (Å²) in [5, 5.41) is 13.0.